The van der Waals surface area contributed by atoms with E-state index in [1.165, 1.54) is 0 Å². The molecule has 2 unspecified atom stereocenters. The number of carboxylic acid groups (broad SMARTS) is 1. The molecule has 1 aliphatic rings. The van der Waals surface area contributed by atoms with Crippen molar-refractivity contribution >= 4 is 5.97 Å². The normalized spacial score (nSPS) is 25.3. The van der Waals surface area contributed by atoms with Crippen molar-refractivity contribution in [2.75, 3.05) is 0 Å². The van der Waals surface area contributed by atoms with Gasteiger partial charge in [0.2, 0.25) is 0 Å². The van der Waals surface area contributed by atoms with Gasteiger partial charge in [-0.1, -0.05) is 30.3 Å². The number of hydroxylamine groups is 1. The zero-order valence-electron chi connectivity index (χ0n) is 8.22. The summed E-state index contributed by atoms with van der Waals surface area (Å²) in [5, 5.41) is 8.75. The van der Waals surface area contributed by atoms with Crippen LogP contribution in [0, 0.1) is 0 Å². The van der Waals surface area contributed by atoms with Crippen molar-refractivity contribution in [3.8, 4) is 0 Å². The van der Waals surface area contributed by atoms with Gasteiger partial charge in [0, 0.05) is 12.8 Å². The van der Waals surface area contributed by atoms with E-state index in [4.69, 9.17) is 9.94 Å². The molecule has 2 atom stereocenters. The van der Waals surface area contributed by atoms with Gasteiger partial charge in [-0.15, -0.1) is 0 Å². The topological polar surface area (TPSA) is 58.6 Å². The number of benzene rings is 1. The first-order valence-corrected chi connectivity index (χ1v) is 4.93. The highest BCUT2D eigenvalue weighted by molar-refractivity contribution is 5.73. The lowest BCUT2D eigenvalue weighted by Crippen LogP contribution is -2.29. The van der Waals surface area contributed by atoms with Crippen molar-refractivity contribution in [1.29, 1.82) is 0 Å². The summed E-state index contributed by atoms with van der Waals surface area (Å²) in [7, 11) is 0. The molecule has 80 valence electrons. The standard InChI is InChI=1S/C11H13NO3/c13-11(14)10-7-9(15-12-10)6-8-4-2-1-3-5-8/h1-5,9-10,12H,6-7H2,(H,13,14). The molecule has 2 N–H and O–H groups in total. The first-order chi connectivity index (χ1) is 7.25. The molecule has 0 aromatic heterocycles. The van der Waals surface area contributed by atoms with Gasteiger partial charge in [0.25, 0.3) is 0 Å². The first kappa shape index (κ1) is 10.1. The van der Waals surface area contributed by atoms with Gasteiger partial charge in [-0.05, 0) is 5.56 Å². The van der Waals surface area contributed by atoms with E-state index >= 15 is 0 Å². The molecule has 0 amide bonds. The van der Waals surface area contributed by atoms with Gasteiger partial charge in [0.05, 0.1) is 6.10 Å². The smallest absolute Gasteiger partial charge is 0.323 e. The minimum atomic E-state index is -0.856. The molecule has 1 aromatic rings. The molecule has 0 radical (unpaired) electrons. The lowest BCUT2D eigenvalue weighted by Gasteiger charge is -2.06. The summed E-state index contributed by atoms with van der Waals surface area (Å²) >= 11 is 0. The zero-order valence-corrected chi connectivity index (χ0v) is 8.22. The maximum Gasteiger partial charge on any atom is 0.323 e. The molecule has 1 fully saturated rings. The van der Waals surface area contributed by atoms with E-state index in [-0.39, 0.29) is 6.10 Å². The molecule has 0 aliphatic carbocycles. The molecular weight excluding hydrogens is 194 g/mol. The lowest BCUT2D eigenvalue weighted by atomic mass is 10.0. The highest BCUT2D eigenvalue weighted by Crippen LogP contribution is 2.15. The summed E-state index contributed by atoms with van der Waals surface area (Å²) < 4.78 is 0. The van der Waals surface area contributed by atoms with Crippen molar-refractivity contribution in [2.45, 2.75) is 25.0 Å². The number of carboxylic acids is 1. The second-order valence-corrected chi connectivity index (χ2v) is 3.67. The summed E-state index contributed by atoms with van der Waals surface area (Å²) in [6.45, 7) is 0. The van der Waals surface area contributed by atoms with Crippen LogP contribution >= 0.6 is 0 Å². The third-order valence-corrected chi connectivity index (χ3v) is 2.48. The summed E-state index contributed by atoms with van der Waals surface area (Å²) in [6.07, 6.45) is 1.22. The minimum Gasteiger partial charge on any atom is -0.480 e. The van der Waals surface area contributed by atoms with E-state index in [0.29, 0.717) is 6.42 Å². The largest absolute Gasteiger partial charge is 0.480 e. The summed E-state index contributed by atoms with van der Waals surface area (Å²) in [5.74, 6) is -0.856. The molecular formula is C11H13NO3. The molecule has 4 nitrogen and oxygen atoms in total. The van der Waals surface area contributed by atoms with Gasteiger partial charge in [-0.25, -0.2) is 0 Å². The van der Waals surface area contributed by atoms with Crippen LogP contribution in [0.15, 0.2) is 30.3 Å². The van der Waals surface area contributed by atoms with Crippen molar-refractivity contribution < 1.29 is 14.7 Å². The van der Waals surface area contributed by atoms with Gasteiger partial charge >= 0.3 is 5.97 Å². The Labute approximate surface area is 87.8 Å². The zero-order chi connectivity index (χ0) is 10.7. The number of nitrogens with one attached hydrogen (secondary N) is 1. The highest BCUT2D eigenvalue weighted by atomic mass is 16.7. The van der Waals surface area contributed by atoms with Gasteiger partial charge in [-0.3, -0.25) is 9.63 Å². The van der Waals surface area contributed by atoms with E-state index < -0.39 is 12.0 Å². The Morgan fingerprint density at radius 1 is 1.47 bits per heavy atom. The average molecular weight is 207 g/mol. The Morgan fingerprint density at radius 3 is 2.80 bits per heavy atom. The predicted octanol–water partition coefficient (Wildman–Crippen LogP) is 0.976. The predicted molar refractivity (Wildman–Crippen MR) is 54.2 cm³/mol. The summed E-state index contributed by atoms with van der Waals surface area (Å²) in [6, 6.07) is 9.34. The van der Waals surface area contributed by atoms with Crippen molar-refractivity contribution in [1.82, 2.24) is 5.48 Å². The molecule has 1 aromatic carbocycles. The third-order valence-electron chi connectivity index (χ3n) is 2.48. The first-order valence-electron chi connectivity index (χ1n) is 4.93. The summed E-state index contributed by atoms with van der Waals surface area (Å²) in [5.41, 5.74) is 3.69. The molecule has 1 heterocycles. The fraction of sp³-hybridized carbons (Fsp3) is 0.364. The van der Waals surface area contributed by atoms with Crippen LogP contribution in [-0.2, 0) is 16.1 Å². The van der Waals surface area contributed by atoms with Crippen molar-refractivity contribution in [3.05, 3.63) is 35.9 Å². The molecule has 1 saturated heterocycles. The summed E-state index contributed by atoms with van der Waals surface area (Å²) in [4.78, 5) is 15.9. The number of carbonyl (C=O) groups is 1. The Hall–Kier alpha value is -1.39. The van der Waals surface area contributed by atoms with Gasteiger partial charge in [0.15, 0.2) is 0 Å². The fourth-order valence-electron chi connectivity index (χ4n) is 1.69. The average Bonchev–Trinajstić information content (AvgIpc) is 2.68. The third kappa shape index (κ3) is 2.55. The van der Waals surface area contributed by atoms with E-state index in [1.54, 1.807) is 0 Å². The van der Waals surface area contributed by atoms with E-state index in [9.17, 15) is 4.79 Å². The maximum absolute atomic E-state index is 10.7. The van der Waals surface area contributed by atoms with Crippen molar-refractivity contribution in [3.63, 3.8) is 0 Å². The molecule has 1 aliphatic heterocycles. The van der Waals surface area contributed by atoms with Crippen LogP contribution in [0.25, 0.3) is 0 Å². The number of hydrogen-bond acceptors (Lipinski definition) is 3. The SMILES string of the molecule is O=C(O)C1CC(Cc2ccccc2)ON1. The fourth-order valence-corrected chi connectivity index (χ4v) is 1.69. The Bertz CT molecular complexity index is 339. The molecule has 15 heavy (non-hydrogen) atoms. The number of rotatable bonds is 3. The van der Waals surface area contributed by atoms with Gasteiger partial charge < -0.3 is 5.11 Å². The Morgan fingerprint density at radius 2 is 2.20 bits per heavy atom. The van der Waals surface area contributed by atoms with Crippen LogP contribution < -0.4 is 5.48 Å². The van der Waals surface area contributed by atoms with E-state index in [2.05, 4.69) is 5.48 Å². The molecule has 0 spiro atoms. The second kappa shape index (κ2) is 4.42. The quantitative estimate of drug-likeness (QED) is 0.775. The van der Waals surface area contributed by atoms with Gasteiger partial charge in [0.1, 0.15) is 6.04 Å². The highest BCUT2D eigenvalue weighted by Gasteiger charge is 2.30. The van der Waals surface area contributed by atoms with Crippen LogP contribution in [0.1, 0.15) is 12.0 Å². The van der Waals surface area contributed by atoms with Crippen LogP contribution in [0.4, 0.5) is 0 Å². The lowest BCUT2D eigenvalue weighted by molar-refractivity contribution is -0.140. The maximum atomic E-state index is 10.7. The van der Waals surface area contributed by atoms with E-state index in [0.717, 1.165) is 12.0 Å². The van der Waals surface area contributed by atoms with Crippen molar-refractivity contribution in [2.24, 2.45) is 0 Å². The van der Waals surface area contributed by atoms with Crippen LogP contribution in [-0.4, -0.2) is 23.2 Å². The molecule has 4 heteroatoms. The van der Waals surface area contributed by atoms with Gasteiger partial charge in [-0.2, -0.15) is 5.48 Å². The Balaban J connectivity index is 1.90. The Kier molecular flexibility index (Phi) is 2.99. The number of hydrogen-bond donors (Lipinski definition) is 2. The second-order valence-electron chi connectivity index (χ2n) is 3.67. The number of aliphatic carboxylic acids is 1. The molecule has 0 bridgehead atoms. The molecule has 0 saturated carbocycles. The van der Waals surface area contributed by atoms with Crippen LogP contribution in [0.5, 0.6) is 0 Å². The monoisotopic (exact) mass is 207 g/mol. The van der Waals surface area contributed by atoms with E-state index in [1.807, 2.05) is 30.3 Å². The van der Waals surface area contributed by atoms with Crippen LogP contribution in [0.2, 0.25) is 0 Å². The molecule has 2 rings (SSSR count). The van der Waals surface area contributed by atoms with Crippen LogP contribution in [0.3, 0.4) is 0 Å². The minimum absolute atomic E-state index is 0.0477.